The Labute approximate surface area is 140 Å². The molecule has 22 heavy (non-hydrogen) atoms. The molecule has 0 aliphatic rings. The molecule has 4 nitrogen and oxygen atoms in total. The lowest BCUT2D eigenvalue weighted by Crippen LogP contribution is -2.31. The predicted molar refractivity (Wildman–Crippen MR) is 92.6 cm³/mol. The third-order valence-electron chi connectivity index (χ3n) is 4.34. The molecular weight excluding hydrogens is 346 g/mol. The molecule has 0 N–H and O–H groups in total. The minimum atomic E-state index is -0.384. The fraction of sp³-hybridized carbons (Fsp3) is 0.588. The van der Waals surface area contributed by atoms with Crippen molar-refractivity contribution in [1.29, 1.82) is 0 Å². The summed E-state index contributed by atoms with van der Waals surface area (Å²) in [7, 11) is 0. The molecule has 0 spiro atoms. The minimum absolute atomic E-state index is 0.0759. The first kappa shape index (κ1) is 18.8. The van der Waals surface area contributed by atoms with Crippen LogP contribution in [0.2, 0.25) is 0 Å². The number of ketones is 1. The Morgan fingerprint density at radius 3 is 1.95 bits per heavy atom. The third kappa shape index (κ3) is 3.57. The Morgan fingerprint density at radius 2 is 1.55 bits per heavy atom. The number of carbonyl (C=O) groups excluding carboxylic acids is 1. The number of alkyl halides is 1. The molecular formula is C17H24BrNO3. The van der Waals surface area contributed by atoms with Crippen molar-refractivity contribution in [2.45, 2.75) is 59.8 Å². The van der Waals surface area contributed by atoms with Gasteiger partial charge < -0.3 is 0 Å². The van der Waals surface area contributed by atoms with Crippen LogP contribution in [0.15, 0.2) is 0 Å². The Kier molecular flexibility index (Phi) is 5.55. The zero-order valence-corrected chi connectivity index (χ0v) is 15.9. The maximum Gasteiger partial charge on any atom is 0.229 e. The number of rotatable bonds is 4. The van der Waals surface area contributed by atoms with Gasteiger partial charge in [-0.2, -0.15) is 0 Å². The van der Waals surface area contributed by atoms with Gasteiger partial charge in [0.05, 0.1) is 4.83 Å². The van der Waals surface area contributed by atoms with Crippen LogP contribution in [0.25, 0.3) is 0 Å². The SMILES string of the molecule is Cc1c(C)c(C)c(C(=O)C(Br)C(C)(C)C)c(C[N+](=O)[O-])c1C. The molecule has 122 valence electrons. The highest BCUT2D eigenvalue weighted by molar-refractivity contribution is 9.10. The second kappa shape index (κ2) is 6.49. The highest BCUT2D eigenvalue weighted by Crippen LogP contribution is 2.34. The maximum atomic E-state index is 13.0. The second-order valence-electron chi connectivity index (χ2n) is 6.94. The molecule has 0 bridgehead atoms. The topological polar surface area (TPSA) is 60.2 Å². The first-order chi connectivity index (χ1) is 9.89. The van der Waals surface area contributed by atoms with Gasteiger partial charge in [-0.3, -0.25) is 14.9 Å². The summed E-state index contributed by atoms with van der Waals surface area (Å²) in [5.74, 6) is -0.0759. The van der Waals surface area contributed by atoms with Crippen LogP contribution in [0.3, 0.4) is 0 Å². The van der Waals surface area contributed by atoms with Gasteiger partial charge >= 0.3 is 0 Å². The predicted octanol–water partition coefficient (Wildman–Crippen LogP) is 4.69. The van der Waals surface area contributed by atoms with Crippen LogP contribution in [0.4, 0.5) is 0 Å². The van der Waals surface area contributed by atoms with Crippen LogP contribution in [-0.4, -0.2) is 15.5 Å². The number of hydrogen-bond donors (Lipinski definition) is 0. The van der Waals surface area contributed by atoms with Crippen molar-refractivity contribution in [3.8, 4) is 0 Å². The first-order valence-corrected chi connectivity index (χ1v) is 8.20. The molecule has 1 aromatic carbocycles. The van der Waals surface area contributed by atoms with Gasteiger partial charge in [0.1, 0.15) is 0 Å². The molecule has 0 aromatic heterocycles. The highest BCUT2D eigenvalue weighted by Gasteiger charge is 2.33. The van der Waals surface area contributed by atoms with E-state index in [1.807, 2.05) is 48.5 Å². The maximum absolute atomic E-state index is 13.0. The van der Waals surface area contributed by atoms with Gasteiger partial charge in [0, 0.05) is 16.1 Å². The second-order valence-corrected chi connectivity index (χ2v) is 7.85. The Balaban J connectivity index is 3.64. The molecule has 5 heteroatoms. The quantitative estimate of drug-likeness (QED) is 0.334. The van der Waals surface area contributed by atoms with Crippen LogP contribution >= 0.6 is 15.9 Å². The first-order valence-electron chi connectivity index (χ1n) is 7.28. The molecule has 0 saturated heterocycles. The molecule has 0 saturated carbocycles. The molecule has 0 aliphatic carbocycles. The van der Waals surface area contributed by atoms with Gasteiger partial charge in [0.15, 0.2) is 5.78 Å². The lowest BCUT2D eigenvalue weighted by atomic mass is 9.81. The van der Waals surface area contributed by atoms with E-state index in [4.69, 9.17) is 0 Å². The van der Waals surface area contributed by atoms with Gasteiger partial charge in [0.2, 0.25) is 6.54 Å². The summed E-state index contributed by atoms with van der Waals surface area (Å²) in [6.45, 7) is 13.2. The normalized spacial score (nSPS) is 13.1. The standard InChI is InChI=1S/C17H24BrNO3/c1-9-10(2)12(4)14(13(11(9)3)8-19(21)22)15(20)16(18)17(5,6)7/h16H,8H2,1-7H3. The summed E-state index contributed by atoms with van der Waals surface area (Å²) in [6, 6.07) is 0. The van der Waals surface area contributed by atoms with E-state index in [0.29, 0.717) is 11.1 Å². The summed E-state index contributed by atoms with van der Waals surface area (Å²) in [6.07, 6.45) is 0. The number of halogens is 1. The van der Waals surface area contributed by atoms with E-state index < -0.39 is 0 Å². The number of hydrogen-bond acceptors (Lipinski definition) is 3. The number of benzene rings is 1. The molecule has 1 atom stereocenters. The van der Waals surface area contributed by atoms with Crippen molar-refractivity contribution in [2.24, 2.45) is 5.41 Å². The van der Waals surface area contributed by atoms with E-state index >= 15 is 0 Å². The molecule has 0 aliphatic heterocycles. The van der Waals surface area contributed by atoms with Gasteiger partial charge in [-0.15, -0.1) is 0 Å². The number of nitrogens with zero attached hydrogens (tertiary/aromatic N) is 1. The molecule has 1 unspecified atom stereocenters. The number of carbonyl (C=O) groups is 1. The van der Waals surface area contributed by atoms with Crippen molar-refractivity contribution in [3.05, 3.63) is 43.5 Å². The Bertz CT molecular complexity index is 630. The Hall–Kier alpha value is -1.23. The van der Waals surface area contributed by atoms with E-state index in [1.54, 1.807) is 0 Å². The van der Waals surface area contributed by atoms with E-state index in [2.05, 4.69) is 15.9 Å². The average molecular weight is 370 g/mol. The van der Waals surface area contributed by atoms with Crippen molar-refractivity contribution >= 4 is 21.7 Å². The van der Waals surface area contributed by atoms with Crippen molar-refractivity contribution in [2.75, 3.05) is 0 Å². The summed E-state index contributed by atoms with van der Waals surface area (Å²) in [5, 5.41) is 11.1. The van der Waals surface area contributed by atoms with Crippen LogP contribution in [-0.2, 0) is 6.54 Å². The zero-order chi connectivity index (χ0) is 17.4. The molecule has 0 heterocycles. The van der Waals surface area contributed by atoms with Crippen molar-refractivity contribution < 1.29 is 9.72 Å². The van der Waals surface area contributed by atoms with E-state index in [1.165, 1.54) is 0 Å². The van der Waals surface area contributed by atoms with E-state index in [-0.39, 0.29) is 27.5 Å². The van der Waals surface area contributed by atoms with Crippen LogP contribution in [0.1, 0.15) is 58.9 Å². The minimum Gasteiger partial charge on any atom is -0.293 e. The number of nitro groups is 1. The number of Topliss-reactive ketones (excluding diaryl/α,β-unsaturated/α-hetero) is 1. The summed E-state index contributed by atoms with van der Waals surface area (Å²) < 4.78 is 0. The fourth-order valence-corrected chi connectivity index (χ4v) is 2.80. The van der Waals surface area contributed by atoms with Crippen molar-refractivity contribution in [1.82, 2.24) is 0 Å². The largest absolute Gasteiger partial charge is 0.293 e. The van der Waals surface area contributed by atoms with E-state index in [9.17, 15) is 14.9 Å². The van der Waals surface area contributed by atoms with Gasteiger partial charge in [-0.1, -0.05) is 36.7 Å². The van der Waals surface area contributed by atoms with Crippen LogP contribution < -0.4 is 0 Å². The third-order valence-corrected chi connectivity index (χ3v) is 6.13. The smallest absolute Gasteiger partial charge is 0.229 e. The van der Waals surface area contributed by atoms with Gasteiger partial charge in [-0.25, -0.2) is 0 Å². The highest BCUT2D eigenvalue weighted by atomic mass is 79.9. The average Bonchev–Trinajstić information content (AvgIpc) is 2.39. The summed E-state index contributed by atoms with van der Waals surface area (Å²) in [5.41, 5.74) is 4.53. The molecule has 0 radical (unpaired) electrons. The lowest BCUT2D eigenvalue weighted by Gasteiger charge is -2.27. The van der Waals surface area contributed by atoms with E-state index in [0.717, 1.165) is 22.3 Å². The fourth-order valence-electron chi connectivity index (χ4n) is 2.57. The molecule has 0 amide bonds. The van der Waals surface area contributed by atoms with Crippen LogP contribution in [0.5, 0.6) is 0 Å². The molecule has 1 aromatic rings. The van der Waals surface area contributed by atoms with Gasteiger partial charge in [0.25, 0.3) is 0 Å². The molecule has 0 fully saturated rings. The molecule has 1 rings (SSSR count). The van der Waals surface area contributed by atoms with Crippen molar-refractivity contribution in [3.63, 3.8) is 0 Å². The van der Waals surface area contributed by atoms with Crippen LogP contribution in [0, 0.1) is 43.2 Å². The van der Waals surface area contributed by atoms with Gasteiger partial charge in [-0.05, 0) is 55.4 Å². The summed E-state index contributed by atoms with van der Waals surface area (Å²) >= 11 is 3.48. The zero-order valence-electron chi connectivity index (χ0n) is 14.3. The monoisotopic (exact) mass is 369 g/mol. The Morgan fingerprint density at radius 1 is 1.09 bits per heavy atom. The lowest BCUT2D eigenvalue weighted by molar-refractivity contribution is -0.496. The summed E-state index contributed by atoms with van der Waals surface area (Å²) in [4.78, 5) is 23.3.